The van der Waals surface area contributed by atoms with Crippen LogP contribution < -0.4 is 20.3 Å². The molecule has 0 aromatic heterocycles. The first-order valence-corrected chi connectivity index (χ1v) is 13.4. The molecule has 10 heteroatoms. The van der Waals surface area contributed by atoms with E-state index in [2.05, 4.69) is 10.9 Å². The van der Waals surface area contributed by atoms with E-state index in [1.807, 2.05) is 48.5 Å². The van der Waals surface area contributed by atoms with Crippen LogP contribution in [0.2, 0.25) is 0 Å². The van der Waals surface area contributed by atoms with Gasteiger partial charge in [0.25, 0.3) is 11.8 Å². The highest BCUT2D eigenvalue weighted by Crippen LogP contribution is 2.33. The van der Waals surface area contributed by atoms with Crippen LogP contribution >= 0.6 is 0 Å². The van der Waals surface area contributed by atoms with E-state index in [4.69, 9.17) is 9.47 Å². The molecule has 0 aliphatic carbocycles. The summed E-state index contributed by atoms with van der Waals surface area (Å²) in [7, 11) is -4.06. The number of nitrogens with one attached hydrogen (secondary N) is 2. The third-order valence-corrected chi connectivity index (χ3v) is 8.62. The lowest BCUT2D eigenvalue weighted by atomic mass is 9.95. The van der Waals surface area contributed by atoms with Crippen LogP contribution in [0.5, 0.6) is 11.5 Å². The highest BCUT2D eigenvalue weighted by atomic mass is 32.2. The molecule has 2 aliphatic heterocycles. The van der Waals surface area contributed by atoms with Crippen molar-refractivity contribution in [2.75, 3.05) is 6.79 Å². The summed E-state index contributed by atoms with van der Waals surface area (Å²) in [5.74, 6) is -0.253. The monoisotopic (exact) mass is 529 g/mol. The molecule has 192 valence electrons. The van der Waals surface area contributed by atoms with E-state index in [1.165, 1.54) is 10.4 Å². The van der Waals surface area contributed by atoms with Gasteiger partial charge in [-0.3, -0.25) is 20.4 Å². The fourth-order valence-corrected chi connectivity index (χ4v) is 6.35. The lowest BCUT2D eigenvalue weighted by Crippen LogP contribution is -2.55. The number of hydrogen-bond acceptors (Lipinski definition) is 6. The summed E-state index contributed by atoms with van der Waals surface area (Å²) in [6, 6.07) is 23.4. The molecule has 6 rings (SSSR count). The number of fused-ring (bicyclic) bond motifs is 3. The van der Waals surface area contributed by atoms with Crippen molar-refractivity contribution in [3.05, 3.63) is 102 Å². The predicted octanol–water partition coefficient (Wildman–Crippen LogP) is 3.15. The van der Waals surface area contributed by atoms with Gasteiger partial charge in [0.15, 0.2) is 11.5 Å². The Morgan fingerprint density at radius 2 is 1.53 bits per heavy atom. The molecule has 2 N–H and O–H groups in total. The van der Waals surface area contributed by atoms with E-state index in [1.54, 1.807) is 30.3 Å². The highest BCUT2D eigenvalue weighted by molar-refractivity contribution is 7.89. The molecule has 1 unspecified atom stereocenters. The van der Waals surface area contributed by atoms with Crippen molar-refractivity contribution in [1.82, 2.24) is 15.2 Å². The van der Waals surface area contributed by atoms with E-state index in [-0.39, 0.29) is 30.2 Å². The molecule has 2 heterocycles. The lowest BCUT2D eigenvalue weighted by Gasteiger charge is -2.35. The Balaban J connectivity index is 1.27. The molecule has 0 saturated heterocycles. The van der Waals surface area contributed by atoms with Crippen LogP contribution in [0.3, 0.4) is 0 Å². The van der Waals surface area contributed by atoms with Crippen LogP contribution in [0.4, 0.5) is 0 Å². The second kappa shape index (κ2) is 9.47. The number of carbonyl (C=O) groups is 2. The molecular weight excluding hydrogens is 506 g/mol. The van der Waals surface area contributed by atoms with Crippen molar-refractivity contribution in [3.8, 4) is 11.5 Å². The van der Waals surface area contributed by atoms with Gasteiger partial charge in [-0.15, -0.1) is 0 Å². The second-order valence-electron chi connectivity index (χ2n) is 9.06. The van der Waals surface area contributed by atoms with Gasteiger partial charge in [0.05, 0.1) is 4.90 Å². The number of hydrazine groups is 1. The summed E-state index contributed by atoms with van der Waals surface area (Å²) in [6.07, 6.45) is 0.161. The Bertz CT molecular complexity index is 1690. The second-order valence-corrected chi connectivity index (χ2v) is 10.9. The molecule has 4 aromatic rings. The largest absolute Gasteiger partial charge is 0.454 e. The van der Waals surface area contributed by atoms with Gasteiger partial charge in [-0.2, -0.15) is 4.31 Å². The number of sulfonamides is 1. The number of benzene rings is 4. The Labute approximate surface area is 219 Å². The van der Waals surface area contributed by atoms with Gasteiger partial charge >= 0.3 is 0 Å². The fourth-order valence-electron chi connectivity index (χ4n) is 4.75. The zero-order valence-corrected chi connectivity index (χ0v) is 20.9. The maximum Gasteiger partial charge on any atom is 0.269 e. The van der Waals surface area contributed by atoms with Crippen molar-refractivity contribution in [1.29, 1.82) is 0 Å². The molecule has 4 aromatic carbocycles. The Kier molecular flexibility index (Phi) is 5.97. The quantitative estimate of drug-likeness (QED) is 0.393. The maximum absolute atomic E-state index is 13.9. The zero-order chi connectivity index (χ0) is 26.3. The van der Waals surface area contributed by atoms with Crippen LogP contribution in [-0.2, 0) is 27.8 Å². The van der Waals surface area contributed by atoms with E-state index < -0.39 is 27.9 Å². The fraction of sp³-hybridized carbons (Fsp3) is 0.143. The van der Waals surface area contributed by atoms with Crippen LogP contribution in [0.25, 0.3) is 10.8 Å². The number of rotatable bonds is 4. The summed E-state index contributed by atoms with van der Waals surface area (Å²) in [4.78, 5) is 26.2. The van der Waals surface area contributed by atoms with Crippen LogP contribution in [0.1, 0.15) is 21.5 Å². The summed E-state index contributed by atoms with van der Waals surface area (Å²) < 4.78 is 39.5. The molecule has 2 amide bonds. The van der Waals surface area contributed by atoms with Crippen molar-refractivity contribution in [3.63, 3.8) is 0 Å². The molecule has 0 radical (unpaired) electrons. The molecule has 0 saturated carbocycles. The standard InChI is InChI=1S/C28H23N3O6S/c32-27(21-10-12-25-26(15-21)37-17-36-25)29-30-28(33)24-14-20-7-3-4-8-22(20)16-31(24)38(34,35)23-11-9-18-5-1-2-6-19(18)13-23/h1-13,15,24H,14,16-17H2,(H,29,32)(H,30,33). The van der Waals surface area contributed by atoms with Gasteiger partial charge in [0.1, 0.15) is 6.04 Å². The Morgan fingerprint density at radius 1 is 0.789 bits per heavy atom. The number of nitrogens with zero attached hydrogens (tertiary/aromatic N) is 1. The minimum Gasteiger partial charge on any atom is -0.454 e. The predicted molar refractivity (Wildman–Crippen MR) is 139 cm³/mol. The van der Waals surface area contributed by atoms with Crippen LogP contribution in [0.15, 0.2) is 89.8 Å². The minimum atomic E-state index is -4.06. The van der Waals surface area contributed by atoms with E-state index in [0.29, 0.717) is 11.5 Å². The van der Waals surface area contributed by atoms with Crippen molar-refractivity contribution in [2.24, 2.45) is 0 Å². The van der Waals surface area contributed by atoms with Crippen molar-refractivity contribution < 1.29 is 27.5 Å². The molecule has 2 aliphatic rings. The summed E-state index contributed by atoms with van der Waals surface area (Å²) >= 11 is 0. The van der Waals surface area contributed by atoms with E-state index in [9.17, 15) is 18.0 Å². The van der Waals surface area contributed by atoms with Crippen molar-refractivity contribution in [2.45, 2.75) is 23.9 Å². The van der Waals surface area contributed by atoms with Gasteiger partial charge in [-0.1, -0.05) is 54.6 Å². The maximum atomic E-state index is 13.9. The smallest absolute Gasteiger partial charge is 0.269 e. The normalized spacial score (nSPS) is 16.6. The highest BCUT2D eigenvalue weighted by Gasteiger charge is 2.40. The van der Waals surface area contributed by atoms with Gasteiger partial charge in [0, 0.05) is 12.1 Å². The third kappa shape index (κ3) is 4.33. The number of amides is 2. The van der Waals surface area contributed by atoms with Crippen molar-refractivity contribution >= 4 is 32.6 Å². The van der Waals surface area contributed by atoms with Gasteiger partial charge < -0.3 is 9.47 Å². The van der Waals surface area contributed by atoms with Gasteiger partial charge in [0.2, 0.25) is 16.8 Å². The molecule has 38 heavy (non-hydrogen) atoms. The first-order chi connectivity index (χ1) is 18.4. The van der Waals surface area contributed by atoms with E-state index in [0.717, 1.165) is 21.9 Å². The SMILES string of the molecule is O=C(NNC(=O)C1Cc2ccccc2CN1S(=O)(=O)c1ccc2ccccc2c1)c1ccc2c(c1)OCO2. The van der Waals surface area contributed by atoms with Crippen LogP contribution in [-0.4, -0.2) is 37.4 Å². The third-order valence-electron chi connectivity index (χ3n) is 6.77. The number of carbonyl (C=O) groups excluding carboxylic acids is 2. The molecule has 0 fully saturated rings. The average Bonchev–Trinajstić information content (AvgIpc) is 3.43. The number of hydrogen-bond donors (Lipinski definition) is 2. The zero-order valence-electron chi connectivity index (χ0n) is 20.1. The van der Waals surface area contributed by atoms with E-state index >= 15 is 0 Å². The Hall–Kier alpha value is -4.41. The summed E-state index contributed by atoms with van der Waals surface area (Å²) in [6.45, 7) is 0.0986. The van der Waals surface area contributed by atoms with Gasteiger partial charge in [-0.05, 0) is 58.7 Å². The molecule has 1 atom stereocenters. The lowest BCUT2D eigenvalue weighted by molar-refractivity contribution is -0.126. The number of ether oxygens (including phenoxy) is 2. The molecule has 0 spiro atoms. The summed E-state index contributed by atoms with van der Waals surface area (Å²) in [5, 5.41) is 1.69. The topological polar surface area (TPSA) is 114 Å². The Morgan fingerprint density at radius 3 is 2.37 bits per heavy atom. The van der Waals surface area contributed by atoms with Crippen LogP contribution in [0, 0.1) is 0 Å². The first-order valence-electron chi connectivity index (χ1n) is 12.0. The molecular formula is C28H23N3O6S. The minimum absolute atomic E-state index is 0.0273. The first kappa shape index (κ1) is 24.0. The average molecular weight is 530 g/mol. The molecule has 9 nitrogen and oxygen atoms in total. The van der Waals surface area contributed by atoms with Gasteiger partial charge in [-0.25, -0.2) is 8.42 Å². The molecule has 0 bridgehead atoms. The summed E-state index contributed by atoms with van der Waals surface area (Å²) in [5.41, 5.74) is 6.76.